The Morgan fingerprint density at radius 2 is 2.35 bits per heavy atom. The molecule has 0 unspecified atom stereocenters. The number of ether oxygens (including phenoxy) is 1. The van der Waals surface area contributed by atoms with Crippen LogP contribution in [-0.4, -0.2) is 22.4 Å². The highest BCUT2D eigenvalue weighted by molar-refractivity contribution is 7.15. The number of imidazole rings is 1. The molecule has 0 bridgehead atoms. The monoisotopic (exact) mass is 327 g/mol. The Bertz CT molecular complexity index is 826. The van der Waals surface area contributed by atoms with Crippen molar-refractivity contribution in [1.82, 2.24) is 14.7 Å². The maximum atomic E-state index is 12.3. The van der Waals surface area contributed by atoms with Gasteiger partial charge in [0.15, 0.2) is 4.96 Å². The van der Waals surface area contributed by atoms with E-state index < -0.39 is 0 Å². The van der Waals surface area contributed by atoms with Crippen molar-refractivity contribution in [3.63, 3.8) is 0 Å². The molecule has 3 aromatic rings. The molecule has 1 aliphatic rings. The number of hydrogen-bond acceptors (Lipinski definition) is 4. The summed E-state index contributed by atoms with van der Waals surface area (Å²) in [6, 6.07) is 7.92. The lowest BCUT2D eigenvalue weighted by molar-refractivity contribution is -0.122. The molecule has 6 heteroatoms. The summed E-state index contributed by atoms with van der Waals surface area (Å²) >= 11 is 1.59. The standard InChI is InChI=1S/C17H17N3O2S/c1-22-15-5-3-2-4-12(15)13-8-14(13)16(21)18-9-11-10-20-6-7-23-17(20)19-11/h2-7,10,13-14H,8-9H2,1H3,(H,18,21)/t13-,14-/m1/s1. The van der Waals surface area contributed by atoms with E-state index in [1.165, 1.54) is 0 Å². The third-order valence-corrected chi connectivity index (χ3v) is 5.02. The number of methoxy groups -OCH3 is 1. The molecule has 0 spiro atoms. The Hall–Kier alpha value is -2.34. The topological polar surface area (TPSA) is 55.6 Å². The van der Waals surface area contributed by atoms with Gasteiger partial charge in [-0.15, -0.1) is 11.3 Å². The number of rotatable bonds is 5. The normalized spacial score (nSPS) is 19.7. The molecular weight excluding hydrogens is 310 g/mol. The molecule has 1 amide bonds. The number of carbonyl (C=O) groups excluding carboxylic acids is 1. The number of nitrogens with zero attached hydrogens (tertiary/aromatic N) is 2. The minimum absolute atomic E-state index is 0.0371. The van der Waals surface area contributed by atoms with Crippen molar-refractivity contribution in [3.8, 4) is 5.75 Å². The second-order valence-electron chi connectivity index (χ2n) is 5.73. The van der Waals surface area contributed by atoms with Crippen molar-refractivity contribution >= 4 is 22.2 Å². The van der Waals surface area contributed by atoms with Gasteiger partial charge < -0.3 is 10.1 Å². The lowest BCUT2D eigenvalue weighted by atomic mass is 10.1. The molecule has 2 aromatic heterocycles. The number of fused-ring (bicyclic) bond motifs is 1. The van der Waals surface area contributed by atoms with Crippen LogP contribution >= 0.6 is 11.3 Å². The Kier molecular flexibility index (Phi) is 3.53. The highest BCUT2D eigenvalue weighted by Gasteiger charge is 2.45. The van der Waals surface area contributed by atoms with Gasteiger partial charge in [-0.25, -0.2) is 4.98 Å². The zero-order valence-electron chi connectivity index (χ0n) is 12.7. The number of nitrogens with one attached hydrogen (secondary N) is 1. The Morgan fingerprint density at radius 3 is 3.17 bits per heavy atom. The van der Waals surface area contributed by atoms with Crippen LogP contribution in [0.4, 0.5) is 0 Å². The molecule has 1 N–H and O–H groups in total. The molecule has 0 radical (unpaired) electrons. The zero-order valence-corrected chi connectivity index (χ0v) is 13.5. The van der Waals surface area contributed by atoms with Crippen LogP contribution in [0.5, 0.6) is 5.75 Å². The van der Waals surface area contributed by atoms with Gasteiger partial charge in [0, 0.05) is 23.7 Å². The average Bonchev–Trinajstić information content (AvgIpc) is 3.10. The fourth-order valence-corrected chi connectivity index (χ4v) is 3.69. The van der Waals surface area contributed by atoms with Gasteiger partial charge in [-0.2, -0.15) is 0 Å². The van der Waals surface area contributed by atoms with Crippen LogP contribution in [0.1, 0.15) is 23.6 Å². The molecule has 2 heterocycles. The van der Waals surface area contributed by atoms with Gasteiger partial charge in [-0.3, -0.25) is 9.20 Å². The van der Waals surface area contributed by atoms with Crippen molar-refractivity contribution in [3.05, 3.63) is 53.3 Å². The van der Waals surface area contributed by atoms with Crippen LogP contribution in [0.25, 0.3) is 4.96 Å². The summed E-state index contributed by atoms with van der Waals surface area (Å²) in [6.45, 7) is 0.475. The smallest absolute Gasteiger partial charge is 0.224 e. The largest absolute Gasteiger partial charge is 0.496 e. The summed E-state index contributed by atoms with van der Waals surface area (Å²) in [5.74, 6) is 1.26. The SMILES string of the molecule is COc1ccccc1[C@H]1C[C@H]1C(=O)NCc1cn2ccsc2n1. The molecule has 23 heavy (non-hydrogen) atoms. The predicted octanol–water partition coefficient (Wildman–Crippen LogP) is 2.82. The van der Waals surface area contributed by atoms with Crippen molar-refractivity contribution in [2.24, 2.45) is 5.92 Å². The van der Waals surface area contributed by atoms with E-state index in [2.05, 4.69) is 10.3 Å². The maximum absolute atomic E-state index is 12.3. The number of carbonyl (C=O) groups is 1. The van der Waals surface area contributed by atoms with Gasteiger partial charge in [0.05, 0.1) is 19.3 Å². The van der Waals surface area contributed by atoms with E-state index >= 15 is 0 Å². The highest BCUT2D eigenvalue weighted by atomic mass is 32.1. The first-order valence-electron chi connectivity index (χ1n) is 7.58. The van der Waals surface area contributed by atoms with E-state index in [0.717, 1.165) is 28.4 Å². The quantitative estimate of drug-likeness (QED) is 0.784. The lowest BCUT2D eigenvalue weighted by Gasteiger charge is -2.07. The Labute approximate surface area is 137 Å². The van der Waals surface area contributed by atoms with Crippen LogP contribution in [0.15, 0.2) is 42.0 Å². The fraction of sp³-hybridized carbons (Fsp3) is 0.294. The summed E-state index contributed by atoms with van der Waals surface area (Å²) < 4.78 is 7.36. The lowest BCUT2D eigenvalue weighted by Crippen LogP contribution is -2.25. The average molecular weight is 327 g/mol. The summed E-state index contributed by atoms with van der Waals surface area (Å²) in [5, 5.41) is 4.99. The first-order chi connectivity index (χ1) is 11.3. The highest BCUT2D eigenvalue weighted by Crippen LogP contribution is 2.50. The van der Waals surface area contributed by atoms with Crippen molar-refractivity contribution in [1.29, 1.82) is 0 Å². The van der Waals surface area contributed by atoms with E-state index in [4.69, 9.17) is 4.74 Å². The molecule has 0 saturated heterocycles. The predicted molar refractivity (Wildman–Crippen MR) is 88.8 cm³/mol. The molecular formula is C17H17N3O2S. The van der Waals surface area contributed by atoms with Gasteiger partial charge in [0.25, 0.3) is 0 Å². The van der Waals surface area contributed by atoms with E-state index in [1.54, 1.807) is 18.4 Å². The number of benzene rings is 1. The molecule has 2 atom stereocenters. The second kappa shape index (κ2) is 5.70. The molecule has 0 aliphatic heterocycles. The van der Waals surface area contributed by atoms with Gasteiger partial charge in [0.2, 0.25) is 5.91 Å². The number of para-hydroxylation sites is 1. The van der Waals surface area contributed by atoms with Crippen molar-refractivity contribution in [2.45, 2.75) is 18.9 Å². The van der Waals surface area contributed by atoms with Crippen LogP contribution in [0.3, 0.4) is 0 Å². The molecule has 5 nitrogen and oxygen atoms in total. The van der Waals surface area contributed by atoms with Gasteiger partial charge in [-0.1, -0.05) is 18.2 Å². The van der Waals surface area contributed by atoms with E-state index in [1.807, 2.05) is 46.4 Å². The van der Waals surface area contributed by atoms with Crippen LogP contribution < -0.4 is 10.1 Å². The maximum Gasteiger partial charge on any atom is 0.224 e. The summed E-state index contributed by atoms with van der Waals surface area (Å²) in [5.41, 5.74) is 2.01. The number of amides is 1. The first-order valence-corrected chi connectivity index (χ1v) is 8.46. The zero-order chi connectivity index (χ0) is 15.8. The summed E-state index contributed by atoms with van der Waals surface area (Å²) in [6.07, 6.45) is 4.80. The van der Waals surface area contributed by atoms with Gasteiger partial charge >= 0.3 is 0 Å². The van der Waals surface area contributed by atoms with E-state index in [0.29, 0.717) is 6.54 Å². The summed E-state index contributed by atoms with van der Waals surface area (Å²) in [4.78, 5) is 17.8. The van der Waals surface area contributed by atoms with Crippen LogP contribution in [0.2, 0.25) is 0 Å². The fourth-order valence-electron chi connectivity index (χ4n) is 2.97. The number of hydrogen-bond donors (Lipinski definition) is 1. The van der Waals surface area contributed by atoms with Crippen molar-refractivity contribution in [2.75, 3.05) is 7.11 Å². The van der Waals surface area contributed by atoms with E-state index in [-0.39, 0.29) is 17.7 Å². The molecule has 118 valence electrons. The van der Waals surface area contributed by atoms with Gasteiger partial charge in [0.1, 0.15) is 5.75 Å². The number of aromatic nitrogens is 2. The molecule has 1 aliphatic carbocycles. The van der Waals surface area contributed by atoms with Crippen molar-refractivity contribution < 1.29 is 9.53 Å². The Balaban J connectivity index is 1.38. The first kappa shape index (κ1) is 14.3. The summed E-state index contributed by atoms with van der Waals surface area (Å²) in [7, 11) is 1.67. The molecule has 1 saturated carbocycles. The molecule has 4 rings (SSSR count). The third-order valence-electron chi connectivity index (χ3n) is 4.25. The molecule has 1 fully saturated rings. The third kappa shape index (κ3) is 2.70. The Morgan fingerprint density at radius 1 is 1.48 bits per heavy atom. The minimum Gasteiger partial charge on any atom is -0.496 e. The van der Waals surface area contributed by atoms with Crippen LogP contribution in [-0.2, 0) is 11.3 Å². The minimum atomic E-state index is 0.0371. The second-order valence-corrected chi connectivity index (χ2v) is 6.61. The molecule has 1 aromatic carbocycles. The van der Waals surface area contributed by atoms with Crippen LogP contribution in [0, 0.1) is 5.92 Å². The number of thiazole rings is 1. The van der Waals surface area contributed by atoms with Gasteiger partial charge in [-0.05, 0) is 24.0 Å². The van der Waals surface area contributed by atoms with E-state index in [9.17, 15) is 4.79 Å².